The summed E-state index contributed by atoms with van der Waals surface area (Å²) in [5.74, 6) is -1.29. The van der Waals surface area contributed by atoms with Crippen molar-refractivity contribution in [1.29, 1.82) is 0 Å². The maximum atomic E-state index is 13.5. The zero-order valence-electron chi connectivity index (χ0n) is 19.7. The second-order valence-electron chi connectivity index (χ2n) is 8.77. The Morgan fingerprint density at radius 1 is 1.03 bits per heavy atom. The Kier molecular flexibility index (Phi) is 6.83. The number of nitrogens with zero attached hydrogens (tertiary/aromatic N) is 3. The first-order valence-electron chi connectivity index (χ1n) is 11.9. The number of carbonyl (C=O) groups is 2. The molecule has 2 N–H and O–H groups in total. The van der Waals surface area contributed by atoms with Crippen molar-refractivity contribution < 1.29 is 14.7 Å². The van der Waals surface area contributed by atoms with Gasteiger partial charge in [-0.3, -0.25) is 19.4 Å². The van der Waals surface area contributed by atoms with Crippen LogP contribution in [0.1, 0.15) is 43.0 Å². The van der Waals surface area contributed by atoms with Crippen molar-refractivity contribution in [2.24, 2.45) is 5.10 Å². The zero-order valence-corrected chi connectivity index (χ0v) is 20.5. The van der Waals surface area contributed by atoms with Crippen LogP contribution in [-0.2, 0) is 9.59 Å². The average Bonchev–Trinajstić information content (AvgIpc) is 3.34. The number of amides is 1. The molecule has 0 fully saturated rings. The molecular weight excluding hydrogens is 492 g/mol. The molecule has 186 valence electrons. The fraction of sp³-hybridized carbons (Fsp3) is 0.179. The van der Waals surface area contributed by atoms with Crippen LogP contribution in [-0.4, -0.2) is 37.7 Å². The summed E-state index contributed by atoms with van der Waals surface area (Å²) in [6.07, 6.45) is 2.00. The van der Waals surface area contributed by atoms with Gasteiger partial charge in [-0.05, 0) is 42.3 Å². The third-order valence-corrected chi connectivity index (χ3v) is 6.54. The van der Waals surface area contributed by atoms with Crippen molar-refractivity contribution in [2.45, 2.75) is 31.7 Å². The monoisotopic (exact) mass is 514 g/mol. The van der Waals surface area contributed by atoms with Crippen LogP contribution < -0.4 is 5.56 Å². The van der Waals surface area contributed by atoms with E-state index in [1.807, 2.05) is 42.5 Å². The number of carbonyl (C=O) groups excluding carboxylic acids is 1. The summed E-state index contributed by atoms with van der Waals surface area (Å²) in [7, 11) is 0. The smallest absolute Gasteiger partial charge is 0.303 e. The van der Waals surface area contributed by atoms with E-state index in [-0.39, 0.29) is 37.1 Å². The highest BCUT2D eigenvalue weighted by Gasteiger charge is 2.36. The Balaban J connectivity index is 1.66. The lowest BCUT2D eigenvalue weighted by molar-refractivity contribution is -0.137. The summed E-state index contributed by atoms with van der Waals surface area (Å²) in [5, 5.41) is 16.3. The summed E-state index contributed by atoms with van der Waals surface area (Å²) in [4.78, 5) is 45.0. The van der Waals surface area contributed by atoms with Gasteiger partial charge >= 0.3 is 5.97 Å². The molecule has 3 heterocycles. The van der Waals surface area contributed by atoms with Gasteiger partial charge in [0.1, 0.15) is 6.04 Å². The van der Waals surface area contributed by atoms with E-state index in [2.05, 4.69) is 15.1 Å². The third kappa shape index (κ3) is 5.01. The number of pyridine rings is 2. The number of H-pyrrole nitrogens is 1. The van der Waals surface area contributed by atoms with Crippen molar-refractivity contribution in [3.05, 3.63) is 99.6 Å². The van der Waals surface area contributed by atoms with Gasteiger partial charge < -0.3 is 10.1 Å². The van der Waals surface area contributed by atoms with Crippen molar-refractivity contribution in [2.75, 3.05) is 0 Å². The van der Waals surface area contributed by atoms with E-state index in [1.165, 1.54) is 5.01 Å². The largest absolute Gasteiger partial charge is 0.481 e. The van der Waals surface area contributed by atoms with E-state index >= 15 is 0 Å². The number of nitrogens with one attached hydrogen (secondary N) is 1. The van der Waals surface area contributed by atoms with Gasteiger partial charge in [-0.25, -0.2) is 5.01 Å². The molecule has 37 heavy (non-hydrogen) atoms. The normalized spacial score (nSPS) is 15.1. The van der Waals surface area contributed by atoms with E-state index in [0.717, 1.165) is 10.9 Å². The number of carboxylic acid groups (broad SMARTS) is 1. The van der Waals surface area contributed by atoms with Crippen LogP contribution in [0.3, 0.4) is 0 Å². The van der Waals surface area contributed by atoms with Gasteiger partial charge in [0.2, 0.25) is 5.91 Å². The van der Waals surface area contributed by atoms with Crippen LogP contribution in [0.5, 0.6) is 0 Å². The van der Waals surface area contributed by atoms with Crippen LogP contribution in [0.2, 0.25) is 5.02 Å². The number of carboxylic acids is 1. The molecular formula is C28H23ClN4O4. The van der Waals surface area contributed by atoms with Gasteiger partial charge in [0.05, 0.1) is 17.0 Å². The van der Waals surface area contributed by atoms with Crippen LogP contribution in [0.15, 0.2) is 82.8 Å². The molecule has 4 aromatic rings. The summed E-state index contributed by atoms with van der Waals surface area (Å²) >= 11 is 6.34. The highest BCUT2D eigenvalue weighted by Crippen LogP contribution is 2.37. The summed E-state index contributed by atoms with van der Waals surface area (Å²) in [6, 6.07) is 19.7. The minimum atomic E-state index is -0.964. The van der Waals surface area contributed by atoms with Gasteiger partial charge in [0, 0.05) is 46.9 Å². The first-order valence-corrected chi connectivity index (χ1v) is 12.2. The van der Waals surface area contributed by atoms with Crippen LogP contribution in [0.4, 0.5) is 0 Å². The maximum absolute atomic E-state index is 13.5. The predicted octanol–water partition coefficient (Wildman–Crippen LogP) is 5.18. The lowest BCUT2D eigenvalue weighted by Gasteiger charge is -2.21. The number of halogens is 1. The molecule has 0 bridgehead atoms. The number of fused-ring (bicyclic) bond motifs is 1. The van der Waals surface area contributed by atoms with E-state index in [1.54, 1.807) is 30.5 Å². The molecule has 0 unspecified atom stereocenters. The van der Waals surface area contributed by atoms with Gasteiger partial charge in [0.25, 0.3) is 5.56 Å². The van der Waals surface area contributed by atoms with Crippen molar-refractivity contribution >= 4 is 40.1 Å². The van der Waals surface area contributed by atoms with E-state index in [4.69, 9.17) is 16.7 Å². The fourth-order valence-electron chi connectivity index (χ4n) is 4.65. The first kappa shape index (κ1) is 24.4. The first-order chi connectivity index (χ1) is 17.9. The van der Waals surface area contributed by atoms with Crippen LogP contribution >= 0.6 is 11.6 Å². The lowest BCUT2D eigenvalue weighted by atomic mass is 9.91. The molecule has 0 radical (unpaired) electrons. The standard InChI is InChI=1S/C28H23ClN4O4/c29-18-12-13-20-19(15-18)26(17-7-2-1-3-8-17)27(28(37)31-20)22-16-23(21-9-4-5-14-30-21)33(32-22)24(34)10-6-11-25(35)36/h1-5,7-9,12-15,23H,6,10-11,16H2,(H,31,37)(H,35,36)/t23-/m0/s1. The van der Waals surface area contributed by atoms with Crippen LogP contribution in [0.25, 0.3) is 22.0 Å². The molecule has 5 rings (SSSR count). The molecule has 0 saturated carbocycles. The number of hydrazone groups is 1. The Hall–Kier alpha value is -4.30. The molecule has 0 saturated heterocycles. The molecule has 1 amide bonds. The average molecular weight is 515 g/mol. The van der Waals surface area contributed by atoms with Gasteiger partial charge in [-0.15, -0.1) is 0 Å². The molecule has 8 nitrogen and oxygen atoms in total. The fourth-order valence-corrected chi connectivity index (χ4v) is 4.82. The number of hydrogen-bond donors (Lipinski definition) is 2. The minimum absolute atomic E-state index is 0.0155. The van der Waals surface area contributed by atoms with Crippen molar-refractivity contribution in [3.63, 3.8) is 0 Å². The second kappa shape index (κ2) is 10.4. The molecule has 1 aliphatic heterocycles. The summed E-state index contributed by atoms with van der Waals surface area (Å²) in [6.45, 7) is 0. The van der Waals surface area contributed by atoms with Gasteiger partial charge in [-0.2, -0.15) is 5.10 Å². The van der Waals surface area contributed by atoms with Crippen LogP contribution in [0, 0.1) is 0 Å². The minimum Gasteiger partial charge on any atom is -0.481 e. The molecule has 2 aromatic heterocycles. The zero-order chi connectivity index (χ0) is 25.9. The SMILES string of the molecule is O=C(O)CCCC(=O)N1N=C(c2c(-c3ccccc3)c3cc(Cl)ccc3[nH]c2=O)C[C@H]1c1ccccn1. The number of benzene rings is 2. The van der Waals surface area contributed by atoms with Crippen molar-refractivity contribution in [1.82, 2.24) is 15.0 Å². The quantitative estimate of drug-likeness (QED) is 0.352. The molecule has 2 aromatic carbocycles. The number of aromatic nitrogens is 2. The van der Waals surface area contributed by atoms with E-state index < -0.39 is 12.0 Å². The highest BCUT2D eigenvalue weighted by molar-refractivity contribution is 6.31. The molecule has 0 spiro atoms. The Labute approximate surface area is 217 Å². The molecule has 9 heteroatoms. The Morgan fingerprint density at radius 2 is 1.81 bits per heavy atom. The van der Waals surface area contributed by atoms with Crippen molar-refractivity contribution in [3.8, 4) is 11.1 Å². The number of hydrogen-bond acceptors (Lipinski definition) is 5. The highest BCUT2D eigenvalue weighted by atomic mass is 35.5. The summed E-state index contributed by atoms with van der Waals surface area (Å²) < 4.78 is 0. The predicted molar refractivity (Wildman–Crippen MR) is 141 cm³/mol. The summed E-state index contributed by atoms with van der Waals surface area (Å²) in [5.41, 5.74) is 3.26. The van der Waals surface area contributed by atoms with Gasteiger partial charge in [0.15, 0.2) is 0 Å². The maximum Gasteiger partial charge on any atom is 0.303 e. The van der Waals surface area contributed by atoms with E-state index in [0.29, 0.717) is 33.1 Å². The van der Waals surface area contributed by atoms with E-state index in [9.17, 15) is 14.4 Å². The van der Waals surface area contributed by atoms with Gasteiger partial charge in [-0.1, -0.05) is 48.0 Å². The second-order valence-corrected chi connectivity index (χ2v) is 9.20. The number of aromatic amines is 1. The third-order valence-electron chi connectivity index (χ3n) is 6.30. The number of rotatable bonds is 7. The lowest BCUT2D eigenvalue weighted by Crippen LogP contribution is -2.27. The number of aliphatic carboxylic acids is 1. The molecule has 1 aliphatic rings. The topological polar surface area (TPSA) is 116 Å². The molecule has 1 atom stereocenters. The Bertz CT molecular complexity index is 1570. The molecule has 0 aliphatic carbocycles. The Morgan fingerprint density at radius 3 is 2.54 bits per heavy atom.